The molecule has 0 aliphatic carbocycles. The van der Waals surface area contributed by atoms with Gasteiger partial charge in [-0.3, -0.25) is 9.20 Å². The summed E-state index contributed by atoms with van der Waals surface area (Å²) >= 11 is 1.58. The van der Waals surface area contributed by atoms with Gasteiger partial charge in [-0.15, -0.1) is 11.3 Å². The Bertz CT molecular complexity index is 1420. The predicted molar refractivity (Wildman–Crippen MR) is 135 cm³/mol. The quantitative estimate of drug-likeness (QED) is 0.277. The number of halogens is 1. The van der Waals surface area contributed by atoms with Crippen LogP contribution in [-0.4, -0.2) is 26.7 Å². The Hall–Kier alpha value is -3.77. The Morgan fingerprint density at radius 1 is 1.00 bits per heavy atom. The van der Waals surface area contributed by atoms with Gasteiger partial charge in [0.2, 0.25) is 0 Å². The van der Waals surface area contributed by atoms with Crippen molar-refractivity contribution in [2.24, 2.45) is 0 Å². The van der Waals surface area contributed by atoms with E-state index in [0.717, 1.165) is 27.5 Å². The second-order valence-corrected chi connectivity index (χ2v) is 9.15. The molecule has 6 heteroatoms. The van der Waals surface area contributed by atoms with Gasteiger partial charge in [-0.1, -0.05) is 72.3 Å². The smallest absolute Gasteiger partial charge is 0.257 e. The van der Waals surface area contributed by atoms with Crippen LogP contribution in [-0.2, 0) is 13.0 Å². The van der Waals surface area contributed by atoms with E-state index in [1.807, 2.05) is 36.5 Å². The number of aromatic nitrogens is 2. The summed E-state index contributed by atoms with van der Waals surface area (Å²) in [5.41, 5.74) is 5.39. The Labute approximate surface area is 201 Å². The van der Waals surface area contributed by atoms with Gasteiger partial charge in [0, 0.05) is 42.3 Å². The first-order valence-electron chi connectivity index (χ1n) is 11.2. The highest BCUT2D eigenvalue weighted by molar-refractivity contribution is 7.15. The molecule has 0 saturated heterocycles. The van der Waals surface area contributed by atoms with E-state index in [1.54, 1.807) is 34.4 Å². The molecule has 2 heterocycles. The average Bonchev–Trinajstić information content (AvgIpc) is 3.44. The van der Waals surface area contributed by atoms with Crippen LogP contribution in [0, 0.1) is 12.7 Å². The topological polar surface area (TPSA) is 37.6 Å². The molecule has 4 nitrogen and oxygen atoms in total. The van der Waals surface area contributed by atoms with Crippen LogP contribution >= 0.6 is 11.3 Å². The van der Waals surface area contributed by atoms with Crippen molar-refractivity contribution in [2.45, 2.75) is 19.9 Å². The van der Waals surface area contributed by atoms with Crippen molar-refractivity contribution in [3.05, 3.63) is 119 Å². The fraction of sp³-hybridized carbons (Fsp3) is 0.143. The van der Waals surface area contributed by atoms with Gasteiger partial charge in [0.1, 0.15) is 5.82 Å². The second kappa shape index (κ2) is 9.61. The third-order valence-corrected chi connectivity index (χ3v) is 6.77. The molecule has 0 fully saturated rings. The van der Waals surface area contributed by atoms with E-state index >= 15 is 0 Å². The number of rotatable bonds is 7. The van der Waals surface area contributed by atoms with Crippen LogP contribution in [0.1, 0.15) is 27.2 Å². The molecule has 5 aromatic rings. The summed E-state index contributed by atoms with van der Waals surface area (Å²) in [6, 6.07) is 24.3. The highest BCUT2D eigenvalue weighted by Crippen LogP contribution is 2.25. The predicted octanol–water partition coefficient (Wildman–Crippen LogP) is 6.40. The van der Waals surface area contributed by atoms with Crippen molar-refractivity contribution >= 4 is 22.2 Å². The lowest BCUT2D eigenvalue weighted by atomic mass is 10.1. The third-order valence-electron chi connectivity index (χ3n) is 5.88. The molecule has 5 rings (SSSR count). The maximum absolute atomic E-state index is 14.4. The summed E-state index contributed by atoms with van der Waals surface area (Å²) in [5, 5.41) is 2.08. The van der Waals surface area contributed by atoms with Gasteiger partial charge in [0.05, 0.1) is 11.3 Å². The molecule has 0 aliphatic rings. The zero-order valence-corrected chi connectivity index (χ0v) is 19.6. The van der Waals surface area contributed by atoms with Gasteiger partial charge < -0.3 is 4.90 Å². The maximum Gasteiger partial charge on any atom is 0.257 e. The number of hydrogen-bond acceptors (Lipinski definition) is 3. The number of carbonyl (C=O) groups is 1. The molecule has 1 amide bonds. The number of hydrogen-bond donors (Lipinski definition) is 0. The number of imidazole rings is 1. The highest BCUT2D eigenvalue weighted by Gasteiger charge is 2.20. The van der Waals surface area contributed by atoms with Crippen molar-refractivity contribution in [1.82, 2.24) is 14.3 Å². The molecule has 0 N–H and O–H groups in total. The van der Waals surface area contributed by atoms with E-state index < -0.39 is 5.82 Å². The van der Waals surface area contributed by atoms with Crippen LogP contribution in [0.4, 0.5) is 4.39 Å². The molecule has 0 bridgehead atoms. The van der Waals surface area contributed by atoms with Gasteiger partial charge in [-0.2, -0.15) is 0 Å². The minimum Gasteiger partial charge on any atom is -0.334 e. The molecule has 34 heavy (non-hydrogen) atoms. The number of aryl methyl sites for hydroxylation is 1. The normalized spacial score (nSPS) is 11.1. The molecule has 0 radical (unpaired) electrons. The Morgan fingerprint density at radius 2 is 1.74 bits per heavy atom. The molecule has 0 atom stereocenters. The summed E-state index contributed by atoms with van der Waals surface area (Å²) in [5.74, 6) is -0.805. The number of nitrogens with zero attached hydrogens (tertiary/aromatic N) is 3. The summed E-state index contributed by atoms with van der Waals surface area (Å²) in [6.45, 7) is 2.95. The number of carbonyl (C=O) groups excluding carboxylic acids is 1. The summed E-state index contributed by atoms with van der Waals surface area (Å²) in [6.07, 6.45) is 2.68. The standard InChI is InChI=1S/C28H24FN3OS/c1-20-11-13-22(14-12-20)26-18-32-23(19-34-28(32)30-26)15-16-31(17-21-7-3-2-4-8-21)27(33)24-9-5-6-10-25(24)29/h2-14,18-19H,15-17H2,1H3. The summed E-state index contributed by atoms with van der Waals surface area (Å²) in [4.78, 5) is 20.7. The lowest BCUT2D eigenvalue weighted by Crippen LogP contribution is -2.33. The van der Waals surface area contributed by atoms with Gasteiger partial charge in [0.25, 0.3) is 5.91 Å². The second-order valence-electron chi connectivity index (χ2n) is 8.31. The van der Waals surface area contributed by atoms with Crippen LogP contribution in [0.3, 0.4) is 0 Å². The fourth-order valence-corrected chi connectivity index (χ4v) is 4.89. The SMILES string of the molecule is Cc1ccc(-c2cn3c(CCN(Cc4ccccc4)C(=O)c4ccccc4F)csc3n2)cc1. The first-order valence-corrected chi connectivity index (χ1v) is 12.1. The minimum atomic E-state index is -0.499. The van der Waals surface area contributed by atoms with E-state index in [4.69, 9.17) is 4.98 Å². The molecule has 0 spiro atoms. The van der Waals surface area contributed by atoms with Gasteiger partial charge in [-0.05, 0) is 24.6 Å². The Morgan fingerprint density at radius 3 is 2.50 bits per heavy atom. The lowest BCUT2D eigenvalue weighted by molar-refractivity contribution is 0.0740. The van der Waals surface area contributed by atoms with Crippen molar-refractivity contribution in [2.75, 3.05) is 6.54 Å². The number of benzene rings is 3. The van der Waals surface area contributed by atoms with Crippen molar-refractivity contribution < 1.29 is 9.18 Å². The third kappa shape index (κ3) is 4.63. The van der Waals surface area contributed by atoms with Crippen LogP contribution in [0.2, 0.25) is 0 Å². The molecular weight excluding hydrogens is 445 g/mol. The molecule has 0 saturated carbocycles. The van der Waals surface area contributed by atoms with E-state index in [2.05, 4.69) is 41.0 Å². The zero-order chi connectivity index (χ0) is 23.5. The molecule has 170 valence electrons. The maximum atomic E-state index is 14.4. The lowest BCUT2D eigenvalue weighted by Gasteiger charge is -2.23. The van der Waals surface area contributed by atoms with Crippen molar-refractivity contribution in [1.29, 1.82) is 0 Å². The van der Waals surface area contributed by atoms with Crippen LogP contribution < -0.4 is 0 Å². The monoisotopic (exact) mass is 469 g/mol. The molecule has 3 aromatic carbocycles. The molecule has 2 aromatic heterocycles. The molecular formula is C28H24FN3OS. The number of thiazole rings is 1. The van der Waals surface area contributed by atoms with E-state index in [1.165, 1.54) is 11.6 Å². The zero-order valence-electron chi connectivity index (χ0n) is 18.8. The van der Waals surface area contributed by atoms with Crippen molar-refractivity contribution in [3.8, 4) is 11.3 Å². The minimum absolute atomic E-state index is 0.0955. The molecule has 0 aliphatic heterocycles. The number of amides is 1. The van der Waals surface area contributed by atoms with Gasteiger partial charge >= 0.3 is 0 Å². The van der Waals surface area contributed by atoms with E-state index in [0.29, 0.717) is 19.5 Å². The van der Waals surface area contributed by atoms with E-state index in [9.17, 15) is 9.18 Å². The van der Waals surface area contributed by atoms with E-state index in [-0.39, 0.29) is 11.5 Å². The van der Waals surface area contributed by atoms with Gasteiger partial charge in [-0.25, -0.2) is 9.37 Å². The van der Waals surface area contributed by atoms with Crippen molar-refractivity contribution in [3.63, 3.8) is 0 Å². The average molecular weight is 470 g/mol. The van der Waals surface area contributed by atoms with Gasteiger partial charge in [0.15, 0.2) is 4.96 Å². The van der Waals surface area contributed by atoms with Crippen LogP contribution in [0.15, 0.2) is 90.4 Å². The summed E-state index contributed by atoms with van der Waals surface area (Å²) in [7, 11) is 0. The first kappa shape index (κ1) is 22.0. The fourth-order valence-electron chi connectivity index (χ4n) is 3.98. The Balaban J connectivity index is 1.39. The number of fused-ring (bicyclic) bond motifs is 1. The van der Waals surface area contributed by atoms with Crippen LogP contribution in [0.25, 0.3) is 16.2 Å². The first-order chi connectivity index (χ1) is 16.6. The van der Waals surface area contributed by atoms with Crippen LogP contribution in [0.5, 0.6) is 0 Å². The summed E-state index contributed by atoms with van der Waals surface area (Å²) < 4.78 is 16.5. The molecule has 0 unspecified atom stereocenters. The highest BCUT2D eigenvalue weighted by atomic mass is 32.1. The Kier molecular flexibility index (Phi) is 6.23. The largest absolute Gasteiger partial charge is 0.334 e.